The summed E-state index contributed by atoms with van der Waals surface area (Å²) in [5.41, 5.74) is 0. The number of nitrogens with one attached hydrogen (secondary N) is 1. The number of pyridine rings is 1. The summed E-state index contributed by atoms with van der Waals surface area (Å²) in [5.74, 6) is 6.05. The largest absolute Gasteiger partial charge is 0.358 e. The van der Waals surface area contributed by atoms with E-state index in [9.17, 15) is 0 Å². The van der Waals surface area contributed by atoms with E-state index in [1.54, 1.807) is 13.0 Å². The summed E-state index contributed by atoms with van der Waals surface area (Å²) < 4.78 is 0. The standard InChI is InChI=1S/C9H7Cl3N2/c1-2-3-4-13-9-7(11)5-6(10)8(12)14-9/h5H,4H2,1H3,(H,13,14). The van der Waals surface area contributed by atoms with Gasteiger partial charge in [0.25, 0.3) is 0 Å². The first kappa shape index (κ1) is 11.5. The van der Waals surface area contributed by atoms with E-state index < -0.39 is 0 Å². The zero-order chi connectivity index (χ0) is 10.6. The molecule has 0 unspecified atom stereocenters. The molecule has 0 saturated carbocycles. The van der Waals surface area contributed by atoms with Crippen LogP contribution in [-0.4, -0.2) is 11.5 Å². The van der Waals surface area contributed by atoms with Crippen molar-refractivity contribution in [2.45, 2.75) is 6.92 Å². The second-order valence-corrected chi connectivity index (χ2v) is 3.54. The lowest BCUT2D eigenvalue weighted by atomic mass is 10.4. The van der Waals surface area contributed by atoms with E-state index in [1.807, 2.05) is 0 Å². The van der Waals surface area contributed by atoms with Gasteiger partial charge in [-0.25, -0.2) is 4.98 Å². The Morgan fingerprint density at radius 1 is 1.36 bits per heavy atom. The van der Waals surface area contributed by atoms with E-state index in [2.05, 4.69) is 22.1 Å². The number of hydrogen-bond acceptors (Lipinski definition) is 2. The number of anilines is 1. The first-order chi connectivity index (χ1) is 6.65. The highest BCUT2D eigenvalue weighted by atomic mass is 35.5. The summed E-state index contributed by atoms with van der Waals surface area (Å²) in [6.07, 6.45) is 0. The van der Waals surface area contributed by atoms with Crippen LogP contribution in [0.3, 0.4) is 0 Å². The Balaban J connectivity index is 2.85. The van der Waals surface area contributed by atoms with Gasteiger partial charge in [-0.2, -0.15) is 0 Å². The second-order valence-electron chi connectivity index (χ2n) is 2.37. The maximum Gasteiger partial charge on any atom is 0.150 e. The van der Waals surface area contributed by atoms with Crippen LogP contribution >= 0.6 is 34.8 Å². The molecule has 1 aromatic rings. The lowest BCUT2D eigenvalue weighted by molar-refractivity contribution is 1.24. The molecule has 14 heavy (non-hydrogen) atoms. The molecule has 74 valence electrons. The average Bonchev–Trinajstić information content (AvgIpc) is 2.14. The highest BCUT2D eigenvalue weighted by Gasteiger charge is 2.06. The van der Waals surface area contributed by atoms with Crippen LogP contribution in [0.5, 0.6) is 0 Å². The molecule has 1 aromatic heterocycles. The first-order valence-electron chi connectivity index (χ1n) is 3.80. The summed E-state index contributed by atoms with van der Waals surface area (Å²) >= 11 is 17.3. The Kier molecular flexibility index (Phi) is 4.34. The molecule has 0 aliphatic rings. The number of nitrogens with zero attached hydrogens (tertiary/aromatic N) is 1. The fraction of sp³-hybridized carbons (Fsp3) is 0.222. The van der Waals surface area contributed by atoms with Crippen molar-refractivity contribution in [1.29, 1.82) is 0 Å². The molecule has 5 heteroatoms. The lowest BCUT2D eigenvalue weighted by Crippen LogP contribution is -2.01. The van der Waals surface area contributed by atoms with Gasteiger partial charge in [0.1, 0.15) is 11.0 Å². The number of hydrogen-bond donors (Lipinski definition) is 1. The maximum absolute atomic E-state index is 5.86. The third-order valence-electron chi connectivity index (χ3n) is 1.41. The van der Waals surface area contributed by atoms with E-state index >= 15 is 0 Å². The molecular weight excluding hydrogens is 242 g/mol. The van der Waals surface area contributed by atoms with Crippen LogP contribution in [0.4, 0.5) is 5.82 Å². The van der Waals surface area contributed by atoms with Crippen molar-refractivity contribution in [3.63, 3.8) is 0 Å². The van der Waals surface area contributed by atoms with Crippen molar-refractivity contribution in [3.05, 3.63) is 21.3 Å². The molecule has 0 saturated heterocycles. The van der Waals surface area contributed by atoms with Gasteiger partial charge in [-0.05, 0) is 13.0 Å². The molecule has 1 heterocycles. The maximum atomic E-state index is 5.86. The Labute approximate surface area is 97.6 Å². The predicted octanol–water partition coefficient (Wildman–Crippen LogP) is 3.48. The summed E-state index contributed by atoms with van der Waals surface area (Å²) in [6, 6.07) is 1.54. The van der Waals surface area contributed by atoms with Crippen molar-refractivity contribution >= 4 is 40.6 Å². The molecule has 0 amide bonds. The van der Waals surface area contributed by atoms with Crippen LogP contribution in [0.25, 0.3) is 0 Å². The highest BCUT2D eigenvalue weighted by Crippen LogP contribution is 2.28. The summed E-state index contributed by atoms with van der Waals surface area (Å²) in [6.45, 7) is 2.23. The zero-order valence-electron chi connectivity index (χ0n) is 7.37. The van der Waals surface area contributed by atoms with Gasteiger partial charge >= 0.3 is 0 Å². The van der Waals surface area contributed by atoms with Gasteiger partial charge in [0.2, 0.25) is 0 Å². The van der Waals surface area contributed by atoms with Crippen molar-refractivity contribution in [3.8, 4) is 11.8 Å². The Morgan fingerprint density at radius 2 is 2.07 bits per heavy atom. The van der Waals surface area contributed by atoms with E-state index in [-0.39, 0.29) is 5.15 Å². The molecule has 0 spiro atoms. The number of aromatic nitrogens is 1. The molecule has 0 atom stereocenters. The fourth-order valence-corrected chi connectivity index (χ4v) is 1.35. The van der Waals surface area contributed by atoms with Gasteiger partial charge in [-0.3, -0.25) is 0 Å². The molecule has 0 radical (unpaired) electrons. The monoisotopic (exact) mass is 248 g/mol. The third-order valence-corrected chi connectivity index (χ3v) is 2.37. The van der Waals surface area contributed by atoms with E-state index in [0.717, 1.165) is 0 Å². The van der Waals surface area contributed by atoms with Gasteiger partial charge in [0, 0.05) is 0 Å². The van der Waals surface area contributed by atoms with E-state index in [4.69, 9.17) is 34.8 Å². The molecule has 0 aliphatic carbocycles. The van der Waals surface area contributed by atoms with Gasteiger partial charge in [-0.1, -0.05) is 40.7 Å². The average molecular weight is 250 g/mol. The van der Waals surface area contributed by atoms with Crippen LogP contribution in [0.15, 0.2) is 6.07 Å². The minimum atomic E-state index is 0.225. The Morgan fingerprint density at radius 3 is 2.71 bits per heavy atom. The molecule has 2 nitrogen and oxygen atoms in total. The molecule has 1 N–H and O–H groups in total. The number of rotatable bonds is 2. The van der Waals surface area contributed by atoms with Gasteiger partial charge in [0.15, 0.2) is 0 Å². The van der Waals surface area contributed by atoms with Crippen LogP contribution < -0.4 is 5.32 Å². The molecule has 1 rings (SSSR count). The minimum Gasteiger partial charge on any atom is -0.358 e. The van der Waals surface area contributed by atoms with Gasteiger partial charge < -0.3 is 5.32 Å². The summed E-state index contributed by atoms with van der Waals surface area (Å²) in [7, 11) is 0. The van der Waals surface area contributed by atoms with Crippen LogP contribution in [-0.2, 0) is 0 Å². The molecular formula is C9H7Cl3N2. The molecule has 0 aliphatic heterocycles. The van der Waals surface area contributed by atoms with Crippen molar-refractivity contribution in [2.75, 3.05) is 11.9 Å². The van der Waals surface area contributed by atoms with Gasteiger partial charge in [-0.15, -0.1) is 5.92 Å². The Hall–Kier alpha value is -0.620. The van der Waals surface area contributed by atoms with Gasteiger partial charge in [0.05, 0.1) is 16.6 Å². The number of halogens is 3. The summed E-state index contributed by atoms with van der Waals surface area (Å²) in [4.78, 5) is 3.97. The highest BCUT2D eigenvalue weighted by molar-refractivity contribution is 6.42. The van der Waals surface area contributed by atoms with Crippen molar-refractivity contribution < 1.29 is 0 Å². The smallest absolute Gasteiger partial charge is 0.150 e. The second kappa shape index (κ2) is 5.31. The predicted molar refractivity (Wildman–Crippen MR) is 61.2 cm³/mol. The zero-order valence-corrected chi connectivity index (χ0v) is 9.63. The topological polar surface area (TPSA) is 24.9 Å². The third kappa shape index (κ3) is 2.95. The van der Waals surface area contributed by atoms with Crippen LogP contribution in [0, 0.1) is 11.8 Å². The van der Waals surface area contributed by atoms with Crippen LogP contribution in [0.1, 0.15) is 6.92 Å². The first-order valence-corrected chi connectivity index (χ1v) is 4.93. The van der Waals surface area contributed by atoms with Crippen molar-refractivity contribution in [2.24, 2.45) is 0 Å². The van der Waals surface area contributed by atoms with E-state index in [1.165, 1.54) is 0 Å². The molecule has 0 aromatic carbocycles. The van der Waals surface area contributed by atoms with Crippen LogP contribution in [0.2, 0.25) is 15.2 Å². The fourth-order valence-electron chi connectivity index (χ4n) is 0.784. The normalized spacial score (nSPS) is 9.14. The van der Waals surface area contributed by atoms with Crippen molar-refractivity contribution in [1.82, 2.24) is 4.98 Å². The van der Waals surface area contributed by atoms with E-state index in [0.29, 0.717) is 22.4 Å². The summed E-state index contributed by atoms with van der Waals surface area (Å²) in [5, 5.41) is 3.91. The SMILES string of the molecule is CC#CCNc1nc(Cl)c(Cl)cc1Cl. The quantitative estimate of drug-likeness (QED) is 0.641. The molecule has 0 fully saturated rings. The lowest BCUT2D eigenvalue weighted by Gasteiger charge is -2.05. The minimum absolute atomic E-state index is 0.225. The molecule has 0 bridgehead atoms. The Bertz CT molecular complexity index is 393.